The molecule has 4 rings (SSSR count). The van der Waals surface area contributed by atoms with Gasteiger partial charge in [0.15, 0.2) is 5.82 Å². The molecular formula is C22H26ClN5O2. The minimum atomic E-state index is -0.579. The smallest absolute Gasteiger partial charge is 0.235 e. The number of rotatable bonds is 5. The highest BCUT2D eigenvalue weighted by Crippen LogP contribution is 2.36. The molecule has 1 aliphatic rings. The first-order chi connectivity index (χ1) is 14.1. The first-order valence-electron chi connectivity index (χ1n) is 9.79. The third-order valence-corrected chi connectivity index (χ3v) is 5.51. The first kappa shape index (κ1) is 22.0. The third-order valence-electron chi connectivity index (χ3n) is 5.51. The van der Waals surface area contributed by atoms with Crippen molar-refractivity contribution in [2.24, 2.45) is 5.73 Å². The Morgan fingerprint density at radius 3 is 2.40 bits per heavy atom. The second-order valence-corrected chi connectivity index (χ2v) is 7.40. The second kappa shape index (κ2) is 9.38. The molecule has 0 atom stereocenters. The average molecular weight is 428 g/mol. The Morgan fingerprint density at radius 1 is 1.13 bits per heavy atom. The van der Waals surface area contributed by atoms with Crippen LogP contribution in [0.25, 0.3) is 11.4 Å². The zero-order valence-corrected chi connectivity index (χ0v) is 17.7. The molecule has 0 spiro atoms. The maximum absolute atomic E-state index is 13.4. The van der Waals surface area contributed by atoms with Gasteiger partial charge in [-0.15, -0.1) is 12.4 Å². The highest BCUT2D eigenvalue weighted by molar-refractivity contribution is 5.99. The number of aryl methyl sites for hydroxylation is 1. The van der Waals surface area contributed by atoms with Gasteiger partial charge < -0.3 is 15.8 Å². The van der Waals surface area contributed by atoms with Gasteiger partial charge in [0.05, 0.1) is 12.0 Å². The van der Waals surface area contributed by atoms with Gasteiger partial charge in [0.1, 0.15) is 5.82 Å². The van der Waals surface area contributed by atoms with Crippen molar-refractivity contribution in [1.82, 2.24) is 15.2 Å². The van der Waals surface area contributed by atoms with E-state index in [4.69, 9.17) is 10.5 Å². The van der Waals surface area contributed by atoms with Gasteiger partial charge >= 0.3 is 0 Å². The van der Waals surface area contributed by atoms with Crippen LogP contribution in [0, 0.1) is 6.92 Å². The lowest BCUT2D eigenvalue weighted by atomic mass is 9.73. The lowest BCUT2D eigenvalue weighted by molar-refractivity contribution is -0.125. The molecule has 0 radical (unpaired) electrons. The number of aromatic amines is 1. The Labute approximate surface area is 181 Å². The normalized spacial score (nSPS) is 15.3. The molecule has 0 aliphatic carbocycles. The standard InChI is InChI=1S/C22H25N5O2.ClH/c1-15-2-6-17(7-3-15)22(10-12-29-13-11-22)21(28)24-18-8-4-16(5-9-18)20-25-19(14-23)26-27-20;/h2-9H,10-14,23H2,1H3,(H,24,28)(H,25,26,27);1H. The number of H-pyrrole nitrogens is 1. The van der Waals surface area contributed by atoms with E-state index < -0.39 is 5.41 Å². The zero-order valence-electron chi connectivity index (χ0n) is 16.9. The number of nitrogens with one attached hydrogen (secondary N) is 2. The van der Waals surface area contributed by atoms with Crippen molar-refractivity contribution in [2.75, 3.05) is 18.5 Å². The summed E-state index contributed by atoms with van der Waals surface area (Å²) in [7, 11) is 0. The molecule has 0 unspecified atom stereocenters. The molecule has 4 N–H and O–H groups in total. The van der Waals surface area contributed by atoms with Crippen LogP contribution in [-0.4, -0.2) is 34.3 Å². The van der Waals surface area contributed by atoms with E-state index in [9.17, 15) is 4.79 Å². The number of nitrogens with zero attached hydrogens (tertiary/aromatic N) is 2. The van der Waals surface area contributed by atoms with Gasteiger partial charge in [0.25, 0.3) is 0 Å². The Balaban J connectivity index is 0.00000256. The van der Waals surface area contributed by atoms with Crippen molar-refractivity contribution < 1.29 is 9.53 Å². The molecule has 1 fully saturated rings. The van der Waals surface area contributed by atoms with Crippen molar-refractivity contribution in [3.8, 4) is 11.4 Å². The quantitative estimate of drug-likeness (QED) is 0.579. The average Bonchev–Trinajstić information content (AvgIpc) is 3.24. The Kier molecular flexibility index (Phi) is 6.87. The monoisotopic (exact) mass is 427 g/mol. The summed E-state index contributed by atoms with van der Waals surface area (Å²) >= 11 is 0. The number of halogens is 1. The summed E-state index contributed by atoms with van der Waals surface area (Å²) in [5, 5.41) is 10.1. The first-order valence-corrected chi connectivity index (χ1v) is 9.79. The van der Waals surface area contributed by atoms with Crippen molar-refractivity contribution in [3.05, 3.63) is 65.5 Å². The van der Waals surface area contributed by atoms with Crippen LogP contribution in [0.15, 0.2) is 48.5 Å². The predicted octanol–water partition coefficient (Wildman–Crippen LogP) is 3.35. The number of nitrogens with two attached hydrogens (primary N) is 1. The van der Waals surface area contributed by atoms with E-state index in [2.05, 4.69) is 44.8 Å². The molecule has 0 bridgehead atoms. The summed E-state index contributed by atoms with van der Waals surface area (Å²) in [5.41, 5.74) is 8.81. The van der Waals surface area contributed by atoms with Crippen LogP contribution in [0.1, 0.15) is 29.8 Å². The van der Waals surface area contributed by atoms with Crippen LogP contribution < -0.4 is 11.1 Å². The van der Waals surface area contributed by atoms with Gasteiger partial charge in [-0.25, -0.2) is 4.98 Å². The minimum absolute atomic E-state index is 0. The fourth-order valence-electron chi connectivity index (χ4n) is 3.71. The predicted molar refractivity (Wildman–Crippen MR) is 118 cm³/mol. The van der Waals surface area contributed by atoms with Gasteiger partial charge in [-0.2, -0.15) is 5.10 Å². The summed E-state index contributed by atoms with van der Waals surface area (Å²) < 4.78 is 5.54. The molecule has 8 heteroatoms. The maximum Gasteiger partial charge on any atom is 0.235 e. The van der Waals surface area contributed by atoms with Crippen molar-refractivity contribution in [3.63, 3.8) is 0 Å². The van der Waals surface area contributed by atoms with Gasteiger partial charge in [-0.3, -0.25) is 9.89 Å². The number of anilines is 1. The number of amides is 1. The maximum atomic E-state index is 13.4. The van der Waals surface area contributed by atoms with Crippen molar-refractivity contribution >= 4 is 24.0 Å². The fraction of sp³-hybridized carbons (Fsp3) is 0.318. The number of benzene rings is 2. The number of hydrogen-bond donors (Lipinski definition) is 3. The van der Waals surface area contributed by atoms with Crippen molar-refractivity contribution in [1.29, 1.82) is 0 Å². The molecule has 0 saturated carbocycles. The van der Waals surface area contributed by atoms with E-state index in [-0.39, 0.29) is 18.3 Å². The molecule has 1 amide bonds. The molecule has 158 valence electrons. The lowest BCUT2D eigenvalue weighted by Gasteiger charge is -2.36. The largest absolute Gasteiger partial charge is 0.381 e. The van der Waals surface area contributed by atoms with Crippen LogP contribution in [0.4, 0.5) is 5.69 Å². The molecular weight excluding hydrogens is 402 g/mol. The number of aromatic nitrogens is 3. The van der Waals surface area contributed by atoms with Crippen LogP contribution in [0.2, 0.25) is 0 Å². The van der Waals surface area contributed by atoms with E-state index in [1.165, 1.54) is 5.56 Å². The summed E-state index contributed by atoms with van der Waals surface area (Å²) in [6, 6.07) is 15.7. The summed E-state index contributed by atoms with van der Waals surface area (Å²) in [4.78, 5) is 17.7. The number of carbonyl (C=O) groups excluding carboxylic acids is 1. The molecule has 1 aliphatic heterocycles. The molecule has 2 heterocycles. The Morgan fingerprint density at radius 2 is 1.80 bits per heavy atom. The van der Waals surface area contributed by atoms with E-state index in [1.807, 2.05) is 31.2 Å². The Bertz CT molecular complexity index is 980. The molecule has 2 aromatic carbocycles. The second-order valence-electron chi connectivity index (χ2n) is 7.40. The molecule has 1 aromatic heterocycles. The summed E-state index contributed by atoms with van der Waals surface area (Å²) in [6.07, 6.45) is 1.33. The van der Waals surface area contributed by atoms with Crippen LogP contribution in [-0.2, 0) is 21.5 Å². The van der Waals surface area contributed by atoms with Crippen LogP contribution >= 0.6 is 12.4 Å². The van der Waals surface area contributed by atoms with Crippen LogP contribution in [0.5, 0.6) is 0 Å². The van der Waals surface area contributed by atoms with Gasteiger partial charge in [0, 0.05) is 24.5 Å². The molecule has 3 aromatic rings. The summed E-state index contributed by atoms with van der Waals surface area (Å²) in [5.74, 6) is 1.22. The lowest BCUT2D eigenvalue weighted by Crippen LogP contribution is -2.44. The Hall–Kier alpha value is -2.74. The molecule has 1 saturated heterocycles. The number of carbonyl (C=O) groups is 1. The van der Waals surface area contributed by atoms with E-state index in [0.717, 1.165) is 16.8 Å². The van der Waals surface area contributed by atoms with Crippen LogP contribution in [0.3, 0.4) is 0 Å². The number of ether oxygens (including phenoxy) is 1. The SMILES string of the molecule is Cc1ccc(C2(C(=O)Nc3ccc(-c4n[nH]c(CN)n4)cc3)CCOCC2)cc1.Cl. The highest BCUT2D eigenvalue weighted by Gasteiger charge is 2.41. The molecule has 30 heavy (non-hydrogen) atoms. The van der Waals surface area contributed by atoms with Gasteiger partial charge in [-0.05, 0) is 49.6 Å². The van der Waals surface area contributed by atoms with Gasteiger partial charge in [0.2, 0.25) is 5.91 Å². The minimum Gasteiger partial charge on any atom is -0.381 e. The van der Waals surface area contributed by atoms with E-state index >= 15 is 0 Å². The molecule has 7 nitrogen and oxygen atoms in total. The number of hydrogen-bond acceptors (Lipinski definition) is 5. The fourth-order valence-corrected chi connectivity index (χ4v) is 3.71. The van der Waals surface area contributed by atoms with E-state index in [0.29, 0.717) is 44.2 Å². The summed E-state index contributed by atoms with van der Waals surface area (Å²) in [6.45, 7) is 3.52. The highest BCUT2D eigenvalue weighted by atomic mass is 35.5. The van der Waals surface area contributed by atoms with Gasteiger partial charge in [-0.1, -0.05) is 29.8 Å². The van der Waals surface area contributed by atoms with E-state index in [1.54, 1.807) is 0 Å². The van der Waals surface area contributed by atoms with Crippen molar-refractivity contribution in [2.45, 2.75) is 31.7 Å². The topological polar surface area (TPSA) is 106 Å². The zero-order chi connectivity index (χ0) is 20.3. The third kappa shape index (κ3) is 4.38.